The van der Waals surface area contributed by atoms with Crippen LogP contribution in [0.15, 0.2) is 11.0 Å². The maximum atomic E-state index is 14.5. The topological polar surface area (TPSA) is 127 Å². The van der Waals surface area contributed by atoms with E-state index in [1.54, 1.807) is 6.92 Å². The third-order valence-corrected chi connectivity index (χ3v) is 4.17. The first-order valence-corrected chi connectivity index (χ1v) is 7.89. The van der Waals surface area contributed by atoms with Gasteiger partial charge in [0.15, 0.2) is 17.3 Å². The molecule has 26 heavy (non-hydrogen) atoms. The molecule has 2 N–H and O–H groups in total. The number of fused-ring (bicyclic) bond motifs is 1. The van der Waals surface area contributed by atoms with E-state index in [0.717, 1.165) is 7.11 Å². The van der Waals surface area contributed by atoms with Gasteiger partial charge in [0.2, 0.25) is 5.43 Å². The van der Waals surface area contributed by atoms with Gasteiger partial charge >= 0.3 is 11.7 Å². The SMILES string of the molecule is CCn1cc(C(=O)OC2CC2)c(=O)c2c([N+](=O)[O-])c(N)c(F)c(OC)c21. The fourth-order valence-electron chi connectivity index (χ4n) is 2.76. The first-order valence-electron chi connectivity index (χ1n) is 7.89. The number of hydrogen-bond acceptors (Lipinski definition) is 7. The predicted octanol–water partition coefficient (Wildman–Crippen LogP) is 1.98. The zero-order valence-corrected chi connectivity index (χ0v) is 14.1. The highest BCUT2D eigenvalue weighted by molar-refractivity contribution is 6.02. The summed E-state index contributed by atoms with van der Waals surface area (Å²) in [6.07, 6.45) is 2.34. The van der Waals surface area contributed by atoms with Crippen LogP contribution in [0.2, 0.25) is 0 Å². The van der Waals surface area contributed by atoms with Gasteiger partial charge in [0.1, 0.15) is 22.6 Å². The molecule has 1 heterocycles. The van der Waals surface area contributed by atoms with Crippen molar-refractivity contribution < 1.29 is 23.6 Å². The molecule has 1 fully saturated rings. The Kier molecular flexibility index (Phi) is 4.26. The quantitative estimate of drug-likeness (QED) is 0.371. The molecular weight excluding hydrogens is 349 g/mol. The Balaban J connectivity index is 2.46. The molecule has 0 spiro atoms. The fourth-order valence-corrected chi connectivity index (χ4v) is 2.76. The number of esters is 1. The van der Waals surface area contributed by atoms with Gasteiger partial charge in [-0.2, -0.15) is 0 Å². The Morgan fingerprint density at radius 1 is 1.50 bits per heavy atom. The number of rotatable bonds is 5. The largest absolute Gasteiger partial charge is 0.491 e. The molecule has 2 aromatic rings. The van der Waals surface area contributed by atoms with E-state index < -0.39 is 44.6 Å². The fraction of sp³-hybridized carbons (Fsp3) is 0.375. The van der Waals surface area contributed by atoms with Gasteiger partial charge in [0.25, 0.3) is 0 Å². The number of hydrogen-bond donors (Lipinski definition) is 1. The van der Waals surface area contributed by atoms with Gasteiger partial charge < -0.3 is 19.8 Å². The number of nitrogens with two attached hydrogens (primary N) is 1. The van der Waals surface area contributed by atoms with Gasteiger partial charge in [-0.15, -0.1) is 0 Å². The number of nitrogen functional groups attached to an aromatic ring is 1. The van der Waals surface area contributed by atoms with E-state index in [1.165, 1.54) is 10.8 Å². The zero-order chi connectivity index (χ0) is 19.2. The van der Waals surface area contributed by atoms with Crippen LogP contribution < -0.4 is 15.9 Å². The molecular formula is C16H16FN3O6. The third kappa shape index (κ3) is 2.63. The van der Waals surface area contributed by atoms with Crippen LogP contribution in [0.3, 0.4) is 0 Å². The molecule has 1 aromatic heterocycles. The average molecular weight is 365 g/mol. The Bertz CT molecular complexity index is 996. The number of nitrogens with zero attached hydrogens (tertiary/aromatic N) is 2. The molecule has 1 aliphatic carbocycles. The van der Waals surface area contributed by atoms with E-state index in [9.17, 15) is 24.1 Å². The maximum Gasteiger partial charge on any atom is 0.343 e. The van der Waals surface area contributed by atoms with E-state index in [0.29, 0.717) is 12.8 Å². The monoisotopic (exact) mass is 365 g/mol. The molecule has 3 rings (SSSR count). The van der Waals surface area contributed by atoms with Crippen molar-refractivity contribution in [2.24, 2.45) is 0 Å². The van der Waals surface area contributed by atoms with E-state index in [2.05, 4.69) is 0 Å². The summed E-state index contributed by atoms with van der Waals surface area (Å²) in [5.74, 6) is -2.41. The first kappa shape index (κ1) is 17.6. The second-order valence-electron chi connectivity index (χ2n) is 5.85. The summed E-state index contributed by atoms with van der Waals surface area (Å²) >= 11 is 0. The summed E-state index contributed by atoms with van der Waals surface area (Å²) in [5.41, 5.74) is 2.36. The molecule has 138 valence electrons. The zero-order valence-electron chi connectivity index (χ0n) is 14.1. The molecule has 0 aliphatic heterocycles. The average Bonchev–Trinajstić information content (AvgIpc) is 3.40. The first-order chi connectivity index (χ1) is 12.3. The molecule has 0 unspecified atom stereocenters. The minimum Gasteiger partial charge on any atom is -0.491 e. The van der Waals surface area contributed by atoms with Gasteiger partial charge in [0, 0.05) is 12.7 Å². The Morgan fingerprint density at radius 3 is 2.65 bits per heavy atom. The number of halogens is 1. The summed E-state index contributed by atoms with van der Waals surface area (Å²) in [6, 6.07) is 0. The number of nitro benzene ring substituents is 1. The molecule has 1 aromatic carbocycles. The van der Waals surface area contributed by atoms with E-state index in [-0.39, 0.29) is 23.7 Å². The molecule has 0 radical (unpaired) electrons. The second kappa shape index (κ2) is 6.28. The van der Waals surface area contributed by atoms with Crippen molar-refractivity contribution in [1.82, 2.24) is 4.57 Å². The van der Waals surface area contributed by atoms with Crippen molar-refractivity contribution in [2.45, 2.75) is 32.4 Å². The number of pyridine rings is 1. The lowest BCUT2D eigenvalue weighted by atomic mass is 10.1. The van der Waals surface area contributed by atoms with Gasteiger partial charge in [-0.25, -0.2) is 9.18 Å². The molecule has 1 saturated carbocycles. The summed E-state index contributed by atoms with van der Waals surface area (Å²) in [7, 11) is 1.16. The molecule has 0 amide bonds. The smallest absolute Gasteiger partial charge is 0.343 e. The van der Waals surface area contributed by atoms with Crippen LogP contribution in [0.4, 0.5) is 15.8 Å². The standard InChI is InChI=1S/C16H16FN3O6/c1-3-19-6-8(16(22)26-7-4-5-7)14(21)9-12(20(23)24)11(18)10(17)15(25-2)13(9)19/h6-7H,3-5,18H2,1-2H3. The Morgan fingerprint density at radius 2 is 2.15 bits per heavy atom. The highest BCUT2D eigenvalue weighted by Gasteiger charge is 2.33. The summed E-state index contributed by atoms with van der Waals surface area (Å²) in [4.78, 5) is 35.6. The normalized spacial score (nSPS) is 13.7. The van der Waals surface area contributed by atoms with E-state index in [1.807, 2.05) is 0 Å². The molecule has 1 aliphatic rings. The Hall–Kier alpha value is -3.17. The summed E-state index contributed by atoms with van der Waals surface area (Å²) < 4.78 is 25.9. The van der Waals surface area contributed by atoms with Crippen molar-refractivity contribution in [1.29, 1.82) is 0 Å². The van der Waals surface area contributed by atoms with Crippen LogP contribution >= 0.6 is 0 Å². The van der Waals surface area contributed by atoms with Gasteiger partial charge in [-0.1, -0.05) is 0 Å². The van der Waals surface area contributed by atoms with Crippen molar-refractivity contribution >= 4 is 28.2 Å². The highest BCUT2D eigenvalue weighted by Crippen LogP contribution is 2.40. The highest BCUT2D eigenvalue weighted by atomic mass is 19.1. The molecule has 0 bridgehead atoms. The number of anilines is 1. The molecule has 9 nitrogen and oxygen atoms in total. The summed E-state index contributed by atoms with van der Waals surface area (Å²) in [5, 5.41) is 11.0. The van der Waals surface area contributed by atoms with Gasteiger partial charge in [-0.3, -0.25) is 14.9 Å². The lowest BCUT2D eigenvalue weighted by Crippen LogP contribution is -2.23. The van der Waals surface area contributed by atoms with Crippen LogP contribution in [0, 0.1) is 15.9 Å². The second-order valence-corrected chi connectivity index (χ2v) is 5.85. The van der Waals surface area contributed by atoms with Crippen molar-refractivity contribution in [3.05, 3.63) is 37.9 Å². The van der Waals surface area contributed by atoms with Crippen LogP contribution in [0.25, 0.3) is 10.9 Å². The number of aromatic nitrogens is 1. The number of benzene rings is 1. The predicted molar refractivity (Wildman–Crippen MR) is 89.9 cm³/mol. The number of nitro groups is 1. The number of aryl methyl sites for hydroxylation is 1. The maximum absolute atomic E-state index is 14.5. The van der Waals surface area contributed by atoms with Crippen molar-refractivity contribution in [3.8, 4) is 5.75 Å². The van der Waals surface area contributed by atoms with Crippen LogP contribution in [-0.2, 0) is 11.3 Å². The molecule has 0 saturated heterocycles. The summed E-state index contributed by atoms with van der Waals surface area (Å²) in [6.45, 7) is 1.86. The van der Waals surface area contributed by atoms with Crippen molar-refractivity contribution in [2.75, 3.05) is 12.8 Å². The molecule has 10 heteroatoms. The van der Waals surface area contributed by atoms with Crippen LogP contribution in [0.1, 0.15) is 30.1 Å². The van der Waals surface area contributed by atoms with Gasteiger partial charge in [-0.05, 0) is 19.8 Å². The third-order valence-electron chi connectivity index (χ3n) is 4.17. The van der Waals surface area contributed by atoms with Crippen molar-refractivity contribution in [3.63, 3.8) is 0 Å². The van der Waals surface area contributed by atoms with Crippen LogP contribution in [0.5, 0.6) is 5.75 Å². The minimum absolute atomic E-state index is 0.138. The van der Waals surface area contributed by atoms with E-state index >= 15 is 0 Å². The lowest BCUT2D eigenvalue weighted by Gasteiger charge is -2.16. The molecule has 0 atom stereocenters. The minimum atomic E-state index is -1.14. The Labute approximate surface area is 146 Å². The lowest BCUT2D eigenvalue weighted by molar-refractivity contribution is -0.382. The van der Waals surface area contributed by atoms with E-state index in [4.69, 9.17) is 15.2 Å². The number of carbonyl (C=O) groups excluding carboxylic acids is 1. The number of methoxy groups -OCH3 is 1. The number of carbonyl (C=O) groups is 1. The van der Waals surface area contributed by atoms with Gasteiger partial charge in [0.05, 0.1) is 12.0 Å². The van der Waals surface area contributed by atoms with Crippen LogP contribution in [-0.4, -0.2) is 28.7 Å². The number of ether oxygens (including phenoxy) is 2.